The van der Waals surface area contributed by atoms with Crippen LogP contribution in [0, 0.1) is 5.92 Å². The van der Waals surface area contributed by atoms with E-state index in [1.807, 2.05) is 42.5 Å². The fourth-order valence-corrected chi connectivity index (χ4v) is 7.00. The lowest BCUT2D eigenvalue weighted by Gasteiger charge is -2.30. The van der Waals surface area contributed by atoms with E-state index < -0.39 is 41.3 Å². The Kier molecular flexibility index (Phi) is 8.96. The van der Waals surface area contributed by atoms with Crippen molar-refractivity contribution < 1.29 is 28.8 Å². The average Bonchev–Trinajstić information content (AvgIpc) is 3.40. The summed E-state index contributed by atoms with van der Waals surface area (Å²) in [5.41, 5.74) is 3.01. The van der Waals surface area contributed by atoms with Gasteiger partial charge in [-0.2, -0.15) is 0 Å². The summed E-state index contributed by atoms with van der Waals surface area (Å²) in [5.74, 6) is -0.987. The number of rotatable bonds is 4. The highest BCUT2D eigenvalue weighted by molar-refractivity contribution is 6.24. The summed E-state index contributed by atoms with van der Waals surface area (Å²) in [5, 5.41) is 10.4. The van der Waals surface area contributed by atoms with E-state index in [9.17, 15) is 19.2 Å². The van der Waals surface area contributed by atoms with Gasteiger partial charge >= 0.3 is 6.09 Å². The quantitative estimate of drug-likeness (QED) is 0.295. The van der Waals surface area contributed by atoms with Gasteiger partial charge in [-0.3, -0.25) is 14.4 Å². The number of nitrogens with zero attached hydrogens (tertiary/aromatic N) is 2. The Morgan fingerprint density at radius 3 is 2.28 bits per heavy atom. The molecule has 2 heterocycles. The molecule has 2 aliphatic heterocycles. The third-order valence-electron chi connectivity index (χ3n) is 9.51. The Hall–Kier alpha value is -4.47. The normalized spacial score (nSPS) is 27.9. The highest BCUT2D eigenvalue weighted by Crippen LogP contribution is 2.46. The van der Waals surface area contributed by atoms with E-state index in [-0.39, 0.29) is 30.6 Å². The number of carbonyl (C=O) groups excluding carboxylic acids is 4. The number of ether oxygens (including phenoxy) is 1. The zero-order valence-electron chi connectivity index (χ0n) is 27.6. The molecule has 1 saturated carbocycles. The Morgan fingerprint density at radius 1 is 0.979 bits per heavy atom. The van der Waals surface area contributed by atoms with Crippen LogP contribution in [0.5, 0.6) is 0 Å². The van der Waals surface area contributed by atoms with Crippen molar-refractivity contribution in [2.24, 2.45) is 11.1 Å². The summed E-state index contributed by atoms with van der Waals surface area (Å²) < 4.78 is 5.49. The molecule has 4 aliphatic rings. The van der Waals surface area contributed by atoms with E-state index in [0.29, 0.717) is 25.0 Å². The van der Waals surface area contributed by atoms with E-state index in [0.717, 1.165) is 41.5 Å². The van der Waals surface area contributed by atoms with Crippen molar-refractivity contribution in [1.29, 1.82) is 0 Å². The van der Waals surface area contributed by atoms with Crippen LogP contribution in [-0.4, -0.2) is 70.2 Å². The third-order valence-corrected chi connectivity index (χ3v) is 9.51. The second-order valence-corrected chi connectivity index (χ2v) is 14.1. The molecule has 0 bridgehead atoms. The predicted octanol–water partition coefficient (Wildman–Crippen LogP) is 5.28. The van der Waals surface area contributed by atoms with Gasteiger partial charge in [0.15, 0.2) is 5.78 Å². The molecule has 1 saturated heterocycles. The molecule has 10 heteroatoms. The van der Waals surface area contributed by atoms with Crippen molar-refractivity contribution in [2.45, 2.75) is 102 Å². The fraction of sp³-hybridized carbons (Fsp3) is 0.486. The first-order valence-corrected chi connectivity index (χ1v) is 16.7. The summed E-state index contributed by atoms with van der Waals surface area (Å²) in [6.07, 6.45) is 7.25. The first kappa shape index (κ1) is 32.5. The monoisotopic (exact) mass is 640 g/mol. The maximum Gasteiger partial charge on any atom is 0.408 e. The Morgan fingerprint density at radius 2 is 1.64 bits per heavy atom. The first-order valence-electron chi connectivity index (χ1n) is 16.7. The van der Waals surface area contributed by atoms with Gasteiger partial charge in [0.1, 0.15) is 35.0 Å². The van der Waals surface area contributed by atoms with Crippen molar-refractivity contribution in [1.82, 2.24) is 15.5 Å². The number of amides is 3. The number of alkyl carbamates (subject to hydrolysis) is 1. The predicted molar refractivity (Wildman–Crippen MR) is 178 cm³/mol. The molecule has 2 N–H and O–H groups in total. The molecule has 47 heavy (non-hydrogen) atoms. The van der Waals surface area contributed by atoms with Crippen molar-refractivity contribution in [2.75, 3.05) is 6.54 Å². The molecular weight excluding hydrogens is 596 g/mol. The van der Waals surface area contributed by atoms with Crippen LogP contribution in [0.15, 0.2) is 65.8 Å². The molecule has 5 atom stereocenters. The van der Waals surface area contributed by atoms with E-state index in [1.54, 1.807) is 20.8 Å². The van der Waals surface area contributed by atoms with Gasteiger partial charge in [-0.25, -0.2) is 4.79 Å². The Bertz CT molecular complexity index is 1580. The summed E-state index contributed by atoms with van der Waals surface area (Å²) in [6.45, 7) is 6.89. The largest absolute Gasteiger partial charge is 0.444 e. The lowest BCUT2D eigenvalue weighted by atomic mass is 10.0. The fourth-order valence-electron chi connectivity index (χ4n) is 7.00. The van der Waals surface area contributed by atoms with E-state index in [1.165, 1.54) is 11.8 Å². The number of allylic oxidation sites excluding steroid dienone is 1. The zero-order chi connectivity index (χ0) is 33.3. The van der Waals surface area contributed by atoms with Crippen LogP contribution in [0.2, 0.25) is 0 Å². The molecular formula is C37H44N4O6. The number of fused-ring (bicyclic) bond motifs is 5. The number of hydrogen-bond acceptors (Lipinski definition) is 7. The van der Waals surface area contributed by atoms with Crippen LogP contribution < -0.4 is 10.6 Å². The molecule has 248 valence electrons. The van der Waals surface area contributed by atoms with Crippen LogP contribution in [-0.2, 0) is 24.0 Å². The molecule has 0 radical (unpaired) electrons. The smallest absolute Gasteiger partial charge is 0.408 e. The second kappa shape index (κ2) is 13.0. The molecule has 10 nitrogen and oxygen atoms in total. The number of hydrogen-bond donors (Lipinski definition) is 2. The number of carbonyl (C=O) groups is 4. The molecule has 1 unspecified atom stereocenters. The minimum absolute atomic E-state index is 0.0813. The van der Waals surface area contributed by atoms with Gasteiger partial charge in [-0.05, 0) is 64.5 Å². The van der Waals surface area contributed by atoms with Crippen LogP contribution in [0.1, 0.15) is 83.8 Å². The van der Waals surface area contributed by atoms with E-state index in [2.05, 4.69) is 34.0 Å². The summed E-state index contributed by atoms with van der Waals surface area (Å²) in [7, 11) is 0. The van der Waals surface area contributed by atoms with Gasteiger partial charge in [0, 0.05) is 23.5 Å². The van der Waals surface area contributed by atoms with E-state index in [4.69, 9.17) is 9.57 Å². The molecule has 0 spiro atoms. The number of ketones is 1. The van der Waals surface area contributed by atoms with Crippen LogP contribution in [0.4, 0.5) is 4.79 Å². The van der Waals surface area contributed by atoms with Crippen molar-refractivity contribution in [3.8, 4) is 11.1 Å². The lowest BCUT2D eigenvalue weighted by Crippen LogP contribution is -2.56. The third kappa shape index (κ3) is 6.82. The van der Waals surface area contributed by atoms with Gasteiger partial charge in [-0.15, -0.1) is 0 Å². The van der Waals surface area contributed by atoms with Crippen molar-refractivity contribution in [3.05, 3.63) is 71.8 Å². The maximum atomic E-state index is 14.3. The number of nitrogens with one attached hydrogen (secondary N) is 2. The maximum absolute atomic E-state index is 14.3. The molecule has 2 aromatic carbocycles. The SMILES string of the molecule is CC(=O)[C@@]12CC1/C=C\CCCCC[C@H](NC(=O)OC(C)(C)C)C(=O)N1C[C@H](ON=C3c4ccccc4-c4ccccc43)C[C@H]1C(=O)N2. The zero-order valence-corrected chi connectivity index (χ0v) is 27.6. The van der Waals surface area contributed by atoms with E-state index >= 15 is 0 Å². The molecule has 2 aliphatic carbocycles. The molecule has 0 aromatic heterocycles. The van der Waals surface area contributed by atoms with Gasteiger partial charge in [0.05, 0.1) is 6.54 Å². The van der Waals surface area contributed by atoms with Gasteiger partial charge < -0.3 is 25.1 Å². The van der Waals surface area contributed by atoms with Crippen LogP contribution in [0.25, 0.3) is 11.1 Å². The molecule has 6 rings (SSSR count). The topological polar surface area (TPSA) is 126 Å². The minimum Gasteiger partial charge on any atom is -0.444 e. The summed E-state index contributed by atoms with van der Waals surface area (Å²) in [6, 6.07) is 14.2. The van der Waals surface area contributed by atoms with Gasteiger partial charge in [0.2, 0.25) is 11.8 Å². The van der Waals surface area contributed by atoms with Crippen LogP contribution in [0.3, 0.4) is 0 Å². The average molecular weight is 641 g/mol. The Balaban J connectivity index is 1.29. The molecule has 3 amide bonds. The van der Waals surface area contributed by atoms with Gasteiger partial charge in [-0.1, -0.05) is 78.7 Å². The summed E-state index contributed by atoms with van der Waals surface area (Å²) in [4.78, 5) is 61.6. The summed E-state index contributed by atoms with van der Waals surface area (Å²) >= 11 is 0. The first-order chi connectivity index (χ1) is 22.5. The van der Waals surface area contributed by atoms with Gasteiger partial charge in [0.25, 0.3) is 0 Å². The minimum atomic E-state index is -0.979. The molecule has 2 fully saturated rings. The highest BCUT2D eigenvalue weighted by atomic mass is 16.6. The number of Topliss-reactive ketones (excluding diaryl/α,β-unsaturated/α-hetero) is 1. The lowest BCUT2D eigenvalue weighted by molar-refractivity contribution is -0.141. The second-order valence-electron chi connectivity index (χ2n) is 14.1. The highest BCUT2D eigenvalue weighted by Gasteiger charge is 2.59. The number of oxime groups is 1. The van der Waals surface area contributed by atoms with Crippen molar-refractivity contribution >= 4 is 29.4 Å². The standard InChI is InChI=1S/C37H44N4O6/c1-23(42)37-21-24(37)14-8-6-5-7-9-19-30(38-35(45)46-36(2,3)4)34(44)41-22-25(20-31(41)33(43)39-37)47-40-32-28-17-12-10-15-26(28)27-16-11-13-18-29(27)32/h8,10-18,24-25,30-31H,5-7,9,19-22H2,1-4H3,(H,38,45)(H,39,43)/b14-8-/t24?,25-,30+,31+,37+/m1/s1. The van der Waals surface area contributed by atoms with Crippen molar-refractivity contribution in [3.63, 3.8) is 0 Å². The number of benzene rings is 2. The Labute approximate surface area is 275 Å². The van der Waals surface area contributed by atoms with Crippen LogP contribution >= 0.6 is 0 Å². The molecule has 2 aromatic rings.